The Bertz CT molecular complexity index is 1510. The number of aliphatic hydroxyl groups excluding tert-OH is 1. The lowest BCUT2D eigenvalue weighted by atomic mass is 10.1. The summed E-state index contributed by atoms with van der Waals surface area (Å²) in [5.41, 5.74) is 0.0815. The molecule has 0 aliphatic rings. The van der Waals surface area contributed by atoms with Gasteiger partial charge in [0.2, 0.25) is 0 Å². The lowest BCUT2D eigenvalue weighted by molar-refractivity contribution is -0.207. The molecule has 0 unspecified atom stereocenters. The number of benzene rings is 2. The van der Waals surface area contributed by atoms with Gasteiger partial charge in [0, 0.05) is 17.1 Å². The maximum absolute atomic E-state index is 13.1. The highest BCUT2D eigenvalue weighted by Crippen LogP contribution is 2.24. The number of amides is 1. The summed E-state index contributed by atoms with van der Waals surface area (Å²) in [5, 5.41) is 19.7. The van der Waals surface area contributed by atoms with E-state index in [1.54, 1.807) is 31.2 Å². The van der Waals surface area contributed by atoms with Crippen molar-refractivity contribution < 1.29 is 27.9 Å². The third-order valence-electron chi connectivity index (χ3n) is 5.70. The van der Waals surface area contributed by atoms with E-state index in [4.69, 9.17) is 16.4 Å². The number of hydroxylamine groups is 2. The van der Waals surface area contributed by atoms with Crippen molar-refractivity contribution in [2.75, 3.05) is 13.7 Å². The Labute approximate surface area is 224 Å². The number of hydrogen-bond acceptors (Lipinski definition) is 7. The van der Waals surface area contributed by atoms with Gasteiger partial charge in [-0.2, -0.15) is 13.2 Å². The number of alkyl halides is 3. The van der Waals surface area contributed by atoms with Gasteiger partial charge in [0.25, 0.3) is 5.91 Å². The monoisotopic (exact) mass is 565 g/mol. The molecule has 0 aliphatic carbocycles. The molecule has 2 heterocycles. The van der Waals surface area contributed by atoms with E-state index in [1.807, 2.05) is 0 Å². The minimum absolute atomic E-state index is 0.0992. The molecule has 0 spiro atoms. The summed E-state index contributed by atoms with van der Waals surface area (Å²) >= 11 is 5.91. The molecule has 206 valence electrons. The summed E-state index contributed by atoms with van der Waals surface area (Å²) in [4.78, 5) is 35.2. The van der Waals surface area contributed by atoms with Gasteiger partial charge in [0.05, 0.1) is 24.9 Å². The number of nitrogens with zero attached hydrogens (tertiary/aromatic N) is 7. The van der Waals surface area contributed by atoms with Crippen LogP contribution in [0.3, 0.4) is 0 Å². The van der Waals surface area contributed by atoms with Crippen LogP contribution in [-0.4, -0.2) is 71.1 Å². The number of aromatic nitrogens is 6. The normalized spacial score (nSPS) is 12.5. The van der Waals surface area contributed by atoms with E-state index in [2.05, 4.69) is 15.2 Å². The lowest BCUT2D eigenvalue weighted by Gasteiger charge is -2.19. The molecule has 1 N–H and O–H groups in total. The first-order chi connectivity index (χ1) is 18.5. The molecule has 2 aromatic carbocycles. The minimum Gasteiger partial charge on any atom is -0.382 e. The van der Waals surface area contributed by atoms with Crippen LogP contribution in [0.2, 0.25) is 5.02 Å². The molecule has 1 amide bonds. The van der Waals surface area contributed by atoms with Crippen molar-refractivity contribution in [3.8, 4) is 17.1 Å². The van der Waals surface area contributed by atoms with Gasteiger partial charge in [-0.15, -0.1) is 10.2 Å². The number of aliphatic hydroxyl groups is 1. The molecule has 0 fully saturated rings. The average Bonchev–Trinajstić information content (AvgIpc) is 3.50. The van der Waals surface area contributed by atoms with E-state index in [-0.39, 0.29) is 23.8 Å². The van der Waals surface area contributed by atoms with Gasteiger partial charge in [-0.25, -0.2) is 24.2 Å². The van der Waals surface area contributed by atoms with Crippen molar-refractivity contribution in [3.63, 3.8) is 0 Å². The number of carbonyl (C=O) groups is 1. The van der Waals surface area contributed by atoms with Crippen LogP contribution >= 0.6 is 11.6 Å². The van der Waals surface area contributed by atoms with Gasteiger partial charge in [-0.05, 0) is 43.3 Å². The highest BCUT2D eigenvalue weighted by Gasteiger charge is 2.39. The van der Waals surface area contributed by atoms with Crippen LogP contribution in [0.4, 0.5) is 13.2 Å². The second kappa shape index (κ2) is 11.4. The molecule has 0 radical (unpaired) electrons. The summed E-state index contributed by atoms with van der Waals surface area (Å²) in [6, 6.07) is 12.6. The molecule has 15 heteroatoms. The predicted octanol–water partition coefficient (Wildman–Crippen LogP) is 2.94. The number of hydrogen-bond donors (Lipinski definition) is 1. The third kappa shape index (κ3) is 6.02. The van der Waals surface area contributed by atoms with Crippen molar-refractivity contribution in [1.82, 2.24) is 34.2 Å². The molecule has 0 saturated heterocycles. The lowest BCUT2D eigenvalue weighted by Crippen LogP contribution is -2.37. The highest BCUT2D eigenvalue weighted by molar-refractivity contribution is 6.30. The molecular formula is C24H23ClF3N7O4. The van der Waals surface area contributed by atoms with Crippen molar-refractivity contribution in [3.05, 3.63) is 81.8 Å². The number of rotatable bonds is 9. The van der Waals surface area contributed by atoms with E-state index >= 15 is 0 Å². The summed E-state index contributed by atoms with van der Waals surface area (Å²) < 4.78 is 42.2. The Balaban J connectivity index is 1.69. The topological polar surface area (TPSA) is 120 Å². The van der Waals surface area contributed by atoms with Crippen LogP contribution in [0, 0.1) is 0 Å². The second-order valence-electron chi connectivity index (χ2n) is 8.24. The third-order valence-corrected chi connectivity index (χ3v) is 5.96. The molecule has 0 aliphatic heterocycles. The number of para-hydroxylation sites is 1. The average molecular weight is 566 g/mol. The van der Waals surface area contributed by atoms with Gasteiger partial charge in [-0.3, -0.25) is 14.2 Å². The number of halogens is 4. The maximum atomic E-state index is 13.1. The van der Waals surface area contributed by atoms with E-state index in [0.29, 0.717) is 22.8 Å². The predicted molar refractivity (Wildman–Crippen MR) is 133 cm³/mol. The number of carbonyl (C=O) groups excluding carboxylic acids is 1. The maximum Gasteiger partial charge on any atom is 0.416 e. The van der Waals surface area contributed by atoms with E-state index in [0.717, 1.165) is 14.3 Å². The van der Waals surface area contributed by atoms with Crippen molar-refractivity contribution in [1.29, 1.82) is 0 Å². The Morgan fingerprint density at radius 1 is 1.15 bits per heavy atom. The molecule has 4 rings (SSSR count). The summed E-state index contributed by atoms with van der Waals surface area (Å²) in [5.74, 6) is -0.407. The first-order valence-electron chi connectivity index (χ1n) is 11.6. The smallest absolute Gasteiger partial charge is 0.382 e. The largest absolute Gasteiger partial charge is 0.416 e. The highest BCUT2D eigenvalue weighted by atomic mass is 35.5. The second-order valence-corrected chi connectivity index (χ2v) is 8.68. The zero-order valence-electron chi connectivity index (χ0n) is 20.7. The van der Waals surface area contributed by atoms with Crippen LogP contribution in [0.5, 0.6) is 0 Å². The molecule has 39 heavy (non-hydrogen) atoms. The fourth-order valence-corrected chi connectivity index (χ4v) is 3.89. The first kappa shape index (κ1) is 28.0. The summed E-state index contributed by atoms with van der Waals surface area (Å²) in [7, 11) is 1.38. The van der Waals surface area contributed by atoms with Gasteiger partial charge >= 0.3 is 11.9 Å². The van der Waals surface area contributed by atoms with Crippen LogP contribution in [0.1, 0.15) is 23.1 Å². The van der Waals surface area contributed by atoms with Crippen LogP contribution < -0.4 is 5.69 Å². The fraction of sp³-hybridized carbons (Fsp3) is 0.292. The Morgan fingerprint density at radius 3 is 2.49 bits per heavy atom. The summed E-state index contributed by atoms with van der Waals surface area (Å²) in [6.45, 7) is 0.694. The zero-order valence-corrected chi connectivity index (χ0v) is 21.5. The fourth-order valence-electron chi connectivity index (χ4n) is 3.76. The summed E-state index contributed by atoms with van der Waals surface area (Å²) in [6.07, 6.45) is -6.40. The van der Waals surface area contributed by atoms with Crippen LogP contribution in [-0.2, 0) is 17.9 Å². The van der Waals surface area contributed by atoms with Crippen LogP contribution in [0.15, 0.2) is 59.7 Å². The Morgan fingerprint density at radius 2 is 1.85 bits per heavy atom. The minimum atomic E-state index is -4.94. The van der Waals surface area contributed by atoms with Crippen molar-refractivity contribution in [2.24, 2.45) is 0 Å². The molecule has 2 aromatic heterocycles. The molecule has 0 saturated carbocycles. The molecule has 4 aromatic rings. The molecule has 11 nitrogen and oxygen atoms in total. The van der Waals surface area contributed by atoms with E-state index < -0.39 is 30.4 Å². The molecular weight excluding hydrogens is 543 g/mol. The Kier molecular flexibility index (Phi) is 8.18. The Hall–Kier alpha value is -4.01. The molecule has 0 bridgehead atoms. The standard InChI is InChI=1S/C24H23ClF3N7O4/c1-3-35(39-2)22(37)17-6-4-5-7-18(17)34-14-29-20(30-34)13-33-23(38)32(12-19(36)24(26,27)28)21(31-33)15-8-10-16(25)11-9-15/h4-11,14,19,36H,3,12-13H2,1-2H3/t19-/m0/s1. The first-order valence-corrected chi connectivity index (χ1v) is 12.0. The van der Waals surface area contributed by atoms with Gasteiger partial charge < -0.3 is 5.11 Å². The SMILES string of the molecule is CCN(OC)C(=O)c1ccccc1-n1cnc(Cn2nc(-c3ccc(Cl)cc3)n(C[C@H](O)C(F)(F)F)c2=O)n1. The van der Waals surface area contributed by atoms with Crippen LogP contribution in [0.25, 0.3) is 17.1 Å². The molecule has 1 atom stereocenters. The van der Waals surface area contributed by atoms with Crippen molar-refractivity contribution in [2.45, 2.75) is 32.3 Å². The zero-order chi connectivity index (χ0) is 28.3. The quantitative estimate of drug-likeness (QED) is 0.310. The van der Waals surface area contributed by atoms with Crippen molar-refractivity contribution >= 4 is 17.5 Å². The van der Waals surface area contributed by atoms with Gasteiger partial charge in [0.15, 0.2) is 17.8 Å². The van der Waals surface area contributed by atoms with Gasteiger partial charge in [-0.1, -0.05) is 23.7 Å². The van der Waals surface area contributed by atoms with E-state index in [9.17, 15) is 27.9 Å². The van der Waals surface area contributed by atoms with Gasteiger partial charge in [0.1, 0.15) is 12.9 Å². The van der Waals surface area contributed by atoms with E-state index in [1.165, 1.54) is 42.4 Å².